The van der Waals surface area contributed by atoms with E-state index in [1.807, 2.05) is 0 Å². The van der Waals surface area contributed by atoms with E-state index in [2.05, 4.69) is 10.0 Å². The number of carbonyl (C=O) groups is 2. The van der Waals surface area contributed by atoms with Crippen LogP contribution in [0, 0.1) is 0 Å². The molecular formula is C11H18N4O4. The first-order chi connectivity index (χ1) is 8.74. The van der Waals surface area contributed by atoms with E-state index in [0.29, 0.717) is 6.42 Å². The van der Waals surface area contributed by atoms with E-state index >= 15 is 0 Å². The van der Waals surface area contributed by atoms with E-state index in [9.17, 15) is 9.59 Å². The van der Waals surface area contributed by atoms with Gasteiger partial charge in [0.2, 0.25) is 0 Å². The van der Waals surface area contributed by atoms with Gasteiger partial charge in [0.25, 0.3) is 0 Å². The van der Waals surface area contributed by atoms with Crippen LogP contribution in [-0.4, -0.2) is 46.3 Å². The summed E-state index contributed by atoms with van der Waals surface area (Å²) >= 11 is 0. The van der Waals surface area contributed by atoms with Gasteiger partial charge in [-0.3, -0.25) is 4.90 Å². The molecule has 0 aromatic rings. The van der Waals surface area contributed by atoms with Crippen LogP contribution in [0.15, 0.2) is 5.11 Å². The number of hydrogen-bond donors (Lipinski definition) is 1. The lowest BCUT2D eigenvalue weighted by atomic mass is 9.98. The highest BCUT2D eigenvalue weighted by molar-refractivity contribution is 5.80. The zero-order chi connectivity index (χ0) is 14.6. The van der Waals surface area contributed by atoms with E-state index in [1.54, 1.807) is 20.8 Å². The number of likely N-dealkylation sites (tertiary alicyclic amines) is 1. The monoisotopic (exact) mass is 270 g/mol. The number of amides is 1. The van der Waals surface area contributed by atoms with Crippen LogP contribution in [-0.2, 0) is 9.53 Å². The van der Waals surface area contributed by atoms with Crippen LogP contribution in [0.2, 0.25) is 0 Å². The van der Waals surface area contributed by atoms with Gasteiger partial charge >= 0.3 is 12.1 Å². The predicted molar refractivity (Wildman–Crippen MR) is 66.5 cm³/mol. The molecule has 1 aliphatic heterocycles. The summed E-state index contributed by atoms with van der Waals surface area (Å²) in [4.78, 5) is 27.0. The van der Waals surface area contributed by atoms with Gasteiger partial charge in [0.05, 0.1) is 0 Å². The summed E-state index contributed by atoms with van der Waals surface area (Å²) in [5.41, 5.74) is 7.70. The first-order valence-electron chi connectivity index (χ1n) is 6.01. The Kier molecular flexibility index (Phi) is 4.61. The van der Waals surface area contributed by atoms with E-state index in [-0.39, 0.29) is 13.0 Å². The predicted octanol–water partition coefficient (Wildman–Crippen LogP) is 2.15. The lowest BCUT2D eigenvalue weighted by Crippen LogP contribution is -2.52. The van der Waals surface area contributed by atoms with Gasteiger partial charge < -0.3 is 9.84 Å². The van der Waals surface area contributed by atoms with Gasteiger partial charge in [-0.25, -0.2) is 9.59 Å². The van der Waals surface area contributed by atoms with Crippen molar-refractivity contribution in [2.75, 3.05) is 6.54 Å². The average Bonchev–Trinajstić information content (AvgIpc) is 2.26. The molecule has 0 radical (unpaired) electrons. The van der Waals surface area contributed by atoms with Gasteiger partial charge in [0, 0.05) is 17.5 Å². The summed E-state index contributed by atoms with van der Waals surface area (Å²) in [5.74, 6) is -1.12. The number of carboxylic acids is 1. The second-order valence-corrected chi connectivity index (χ2v) is 5.41. The van der Waals surface area contributed by atoms with Gasteiger partial charge in [0.1, 0.15) is 11.6 Å². The van der Waals surface area contributed by atoms with Crippen LogP contribution in [0.3, 0.4) is 0 Å². The zero-order valence-corrected chi connectivity index (χ0v) is 11.2. The van der Waals surface area contributed by atoms with E-state index < -0.39 is 29.7 Å². The molecule has 0 saturated carbocycles. The minimum absolute atomic E-state index is 0.110. The third-order valence-electron chi connectivity index (χ3n) is 2.70. The molecule has 1 fully saturated rings. The van der Waals surface area contributed by atoms with Crippen molar-refractivity contribution in [1.82, 2.24) is 4.90 Å². The second-order valence-electron chi connectivity index (χ2n) is 5.41. The molecule has 2 atom stereocenters. The van der Waals surface area contributed by atoms with E-state index in [4.69, 9.17) is 15.4 Å². The number of rotatable bonds is 2. The van der Waals surface area contributed by atoms with Crippen molar-refractivity contribution in [2.24, 2.45) is 5.11 Å². The molecule has 1 heterocycles. The highest BCUT2D eigenvalue weighted by atomic mass is 16.6. The smallest absolute Gasteiger partial charge is 0.411 e. The number of carbonyl (C=O) groups excluding carboxylic acids is 1. The molecule has 8 nitrogen and oxygen atoms in total. The van der Waals surface area contributed by atoms with Crippen molar-refractivity contribution in [2.45, 2.75) is 51.3 Å². The Balaban J connectivity index is 2.80. The Hall–Kier alpha value is -1.95. The second kappa shape index (κ2) is 5.79. The fraction of sp³-hybridized carbons (Fsp3) is 0.818. The molecular weight excluding hydrogens is 252 g/mol. The summed E-state index contributed by atoms with van der Waals surface area (Å²) in [5, 5.41) is 12.7. The maximum atomic E-state index is 11.9. The van der Waals surface area contributed by atoms with Crippen LogP contribution < -0.4 is 0 Å². The Morgan fingerprint density at radius 1 is 1.47 bits per heavy atom. The van der Waals surface area contributed by atoms with E-state index in [0.717, 1.165) is 0 Å². The van der Waals surface area contributed by atoms with Crippen molar-refractivity contribution in [1.29, 1.82) is 0 Å². The van der Waals surface area contributed by atoms with Crippen molar-refractivity contribution in [3.63, 3.8) is 0 Å². The molecule has 0 aliphatic carbocycles. The fourth-order valence-electron chi connectivity index (χ4n) is 1.90. The summed E-state index contributed by atoms with van der Waals surface area (Å²) in [6, 6.07) is -1.41. The molecule has 0 bridgehead atoms. The van der Waals surface area contributed by atoms with Crippen LogP contribution in [0.4, 0.5) is 4.79 Å². The van der Waals surface area contributed by atoms with Crippen molar-refractivity contribution >= 4 is 12.1 Å². The molecule has 1 rings (SSSR count). The summed E-state index contributed by atoms with van der Waals surface area (Å²) in [6.45, 7) is 5.35. The van der Waals surface area contributed by atoms with Crippen LogP contribution >= 0.6 is 0 Å². The van der Waals surface area contributed by atoms with Crippen LogP contribution in [0.25, 0.3) is 10.4 Å². The number of piperidine rings is 1. The topological polar surface area (TPSA) is 116 Å². The van der Waals surface area contributed by atoms with Crippen LogP contribution in [0.1, 0.15) is 33.6 Å². The van der Waals surface area contributed by atoms with Crippen molar-refractivity contribution < 1.29 is 19.4 Å². The van der Waals surface area contributed by atoms with Gasteiger partial charge in [-0.05, 0) is 39.1 Å². The Morgan fingerprint density at radius 2 is 2.11 bits per heavy atom. The summed E-state index contributed by atoms with van der Waals surface area (Å²) in [7, 11) is 0. The zero-order valence-electron chi connectivity index (χ0n) is 11.2. The minimum Gasteiger partial charge on any atom is -0.480 e. The van der Waals surface area contributed by atoms with Crippen LogP contribution in [0.5, 0.6) is 0 Å². The first-order valence-corrected chi connectivity index (χ1v) is 6.01. The maximum Gasteiger partial charge on any atom is 0.411 e. The molecule has 1 N–H and O–H groups in total. The third-order valence-corrected chi connectivity index (χ3v) is 2.70. The number of aliphatic carboxylic acids is 1. The van der Waals surface area contributed by atoms with Gasteiger partial charge in [-0.2, -0.15) is 0 Å². The Labute approximate surface area is 111 Å². The minimum atomic E-state index is -1.12. The van der Waals surface area contributed by atoms with Gasteiger partial charge in [-0.1, -0.05) is 5.11 Å². The summed E-state index contributed by atoms with van der Waals surface area (Å²) < 4.78 is 5.17. The average molecular weight is 270 g/mol. The number of azide groups is 1. The summed E-state index contributed by atoms with van der Waals surface area (Å²) in [6.07, 6.45) is -0.106. The molecule has 1 unspecified atom stereocenters. The number of carboxylic acid groups (broad SMARTS) is 1. The molecule has 0 aromatic carbocycles. The van der Waals surface area contributed by atoms with Crippen molar-refractivity contribution in [3.05, 3.63) is 10.4 Å². The number of hydrogen-bond acceptors (Lipinski definition) is 4. The Morgan fingerprint density at radius 3 is 2.58 bits per heavy atom. The standard InChI is InChI=1S/C11H18N4O4/c1-11(2,3)19-10(18)15-5-4-7(13-14-12)6-8(15)9(16)17/h7-8H,4-6H2,1-3H3,(H,16,17)/t7?,8-/m0/s1. The molecule has 8 heteroatoms. The van der Waals surface area contributed by atoms with E-state index in [1.165, 1.54) is 4.90 Å². The molecule has 0 spiro atoms. The molecule has 19 heavy (non-hydrogen) atoms. The number of nitrogens with zero attached hydrogens (tertiary/aromatic N) is 4. The lowest BCUT2D eigenvalue weighted by Gasteiger charge is -2.36. The fourth-order valence-corrected chi connectivity index (χ4v) is 1.90. The Bertz CT molecular complexity index is 411. The van der Waals surface area contributed by atoms with Gasteiger partial charge in [0.15, 0.2) is 0 Å². The normalized spacial score (nSPS) is 23.4. The first kappa shape index (κ1) is 15.1. The highest BCUT2D eigenvalue weighted by Gasteiger charge is 2.37. The van der Waals surface area contributed by atoms with Gasteiger partial charge in [-0.15, -0.1) is 0 Å². The lowest BCUT2D eigenvalue weighted by molar-refractivity contribution is -0.144. The third kappa shape index (κ3) is 4.33. The molecule has 1 amide bonds. The number of ether oxygens (including phenoxy) is 1. The molecule has 1 saturated heterocycles. The largest absolute Gasteiger partial charge is 0.480 e. The highest BCUT2D eigenvalue weighted by Crippen LogP contribution is 2.23. The molecule has 106 valence electrons. The van der Waals surface area contributed by atoms with Crippen molar-refractivity contribution in [3.8, 4) is 0 Å². The SMILES string of the molecule is CC(C)(C)OC(=O)N1CCC(N=[N+]=[N-])C[C@H]1C(=O)O. The maximum absolute atomic E-state index is 11.9. The molecule has 1 aliphatic rings. The quantitative estimate of drug-likeness (QED) is 0.470. The molecule has 0 aromatic heterocycles.